The number of alkyl halides is 6. The highest BCUT2D eigenvalue weighted by atomic mass is 79.9. The Hall–Kier alpha value is -2.21. The number of nitrogens with zero attached hydrogens (tertiary/aromatic N) is 4. The number of halogens is 8. The molecule has 2 aromatic heterocycles. The average Bonchev–Trinajstić information content (AvgIpc) is 3.12. The molecule has 1 N–H and O–H groups in total. The third kappa shape index (κ3) is 4.40. The van der Waals surface area contributed by atoms with Crippen molar-refractivity contribution in [2.24, 2.45) is 0 Å². The van der Waals surface area contributed by atoms with E-state index in [4.69, 9.17) is 11.6 Å². The summed E-state index contributed by atoms with van der Waals surface area (Å²) >= 11 is 9.14. The van der Waals surface area contributed by atoms with Crippen LogP contribution in [0.3, 0.4) is 0 Å². The highest BCUT2D eigenvalue weighted by Crippen LogP contribution is 2.36. The molecule has 5 nitrogen and oxygen atoms in total. The number of hydrogen-bond donors (Lipinski definition) is 1. The van der Waals surface area contributed by atoms with Gasteiger partial charge in [-0.05, 0) is 34.1 Å². The third-order valence-electron chi connectivity index (χ3n) is 4.88. The van der Waals surface area contributed by atoms with Crippen LogP contribution < -0.4 is 9.80 Å². The molecule has 1 saturated heterocycles. The molecule has 4 rings (SSSR count). The summed E-state index contributed by atoms with van der Waals surface area (Å²) in [6, 6.07) is 2.81. The number of anilines is 2. The van der Waals surface area contributed by atoms with E-state index in [1.54, 1.807) is 4.90 Å². The van der Waals surface area contributed by atoms with Crippen LogP contribution in [0.15, 0.2) is 28.9 Å². The highest BCUT2D eigenvalue weighted by Gasteiger charge is 2.33. The number of benzene rings is 1. The molecule has 1 fully saturated rings. The molecule has 166 valence electrons. The Bertz CT molecular complexity index is 1120. The lowest BCUT2D eigenvalue weighted by Crippen LogP contribution is -2.47. The largest absolute Gasteiger partial charge is 0.417 e. The first-order chi connectivity index (χ1) is 14.4. The molecule has 0 saturated carbocycles. The van der Waals surface area contributed by atoms with Crippen molar-refractivity contribution in [2.45, 2.75) is 12.4 Å². The highest BCUT2D eigenvalue weighted by molar-refractivity contribution is 9.10. The molecule has 0 bridgehead atoms. The number of aromatic amines is 1. The van der Waals surface area contributed by atoms with Crippen LogP contribution >= 0.6 is 27.5 Å². The van der Waals surface area contributed by atoms with Crippen molar-refractivity contribution in [3.8, 4) is 0 Å². The minimum absolute atomic E-state index is 0.101. The van der Waals surface area contributed by atoms with E-state index in [-0.39, 0.29) is 20.8 Å². The predicted octanol–water partition coefficient (Wildman–Crippen LogP) is 5.74. The Labute approximate surface area is 185 Å². The van der Waals surface area contributed by atoms with Gasteiger partial charge in [0.1, 0.15) is 11.3 Å². The van der Waals surface area contributed by atoms with Gasteiger partial charge in [0.05, 0.1) is 21.7 Å². The van der Waals surface area contributed by atoms with Crippen molar-refractivity contribution in [2.75, 3.05) is 36.0 Å². The number of aromatic nitrogens is 3. The fraction of sp³-hybridized carbons (Fsp3) is 0.333. The molecule has 0 atom stereocenters. The van der Waals surface area contributed by atoms with E-state index in [1.165, 1.54) is 0 Å². The monoisotopic (exact) mass is 527 g/mol. The summed E-state index contributed by atoms with van der Waals surface area (Å²) in [5, 5.41) is -0.101. The van der Waals surface area contributed by atoms with Gasteiger partial charge < -0.3 is 14.8 Å². The Kier molecular flexibility index (Phi) is 5.49. The van der Waals surface area contributed by atoms with Crippen molar-refractivity contribution in [1.82, 2.24) is 15.0 Å². The maximum absolute atomic E-state index is 13.0. The summed E-state index contributed by atoms with van der Waals surface area (Å²) in [5.41, 5.74) is -1.11. The SMILES string of the molecule is FC(F)(F)c1cnc(N2CCN(c3nc4c(Br)cc(C(F)(F)F)cc4[nH]3)CC2)c(Cl)c1. The fourth-order valence-corrected chi connectivity index (χ4v) is 4.16. The number of pyridine rings is 1. The van der Waals surface area contributed by atoms with Crippen molar-refractivity contribution < 1.29 is 26.3 Å². The zero-order valence-electron chi connectivity index (χ0n) is 15.5. The zero-order chi connectivity index (χ0) is 22.6. The first-order valence-corrected chi connectivity index (χ1v) is 10.1. The maximum Gasteiger partial charge on any atom is 0.417 e. The van der Waals surface area contributed by atoms with Gasteiger partial charge in [0, 0.05) is 36.8 Å². The molecule has 0 radical (unpaired) electrons. The summed E-state index contributed by atoms with van der Waals surface area (Å²) < 4.78 is 77.7. The van der Waals surface area contributed by atoms with Gasteiger partial charge in [0.15, 0.2) is 0 Å². The van der Waals surface area contributed by atoms with Crippen LogP contribution in [-0.2, 0) is 12.4 Å². The Balaban J connectivity index is 1.51. The Morgan fingerprint density at radius 2 is 1.52 bits per heavy atom. The van der Waals surface area contributed by atoms with Gasteiger partial charge >= 0.3 is 12.4 Å². The molecule has 13 heteroatoms. The first kappa shape index (κ1) is 22.0. The van der Waals surface area contributed by atoms with Crippen LogP contribution in [0.4, 0.5) is 38.1 Å². The molecule has 31 heavy (non-hydrogen) atoms. The third-order valence-corrected chi connectivity index (χ3v) is 5.77. The quantitative estimate of drug-likeness (QED) is 0.431. The molecule has 0 spiro atoms. The first-order valence-electron chi connectivity index (χ1n) is 8.92. The van der Waals surface area contributed by atoms with E-state index in [2.05, 4.69) is 30.9 Å². The zero-order valence-corrected chi connectivity index (χ0v) is 17.8. The van der Waals surface area contributed by atoms with E-state index in [1.807, 2.05) is 4.90 Å². The summed E-state index contributed by atoms with van der Waals surface area (Å²) in [4.78, 5) is 14.7. The van der Waals surface area contributed by atoms with Gasteiger partial charge in [0.2, 0.25) is 5.95 Å². The number of fused-ring (bicyclic) bond motifs is 1. The van der Waals surface area contributed by atoms with Crippen molar-refractivity contribution in [1.29, 1.82) is 0 Å². The van der Waals surface area contributed by atoms with Crippen molar-refractivity contribution in [3.63, 3.8) is 0 Å². The number of rotatable bonds is 2. The number of nitrogens with one attached hydrogen (secondary N) is 1. The summed E-state index contributed by atoms with van der Waals surface area (Å²) in [6.45, 7) is 1.62. The van der Waals surface area contributed by atoms with Crippen LogP contribution in [0.5, 0.6) is 0 Å². The van der Waals surface area contributed by atoms with Crippen LogP contribution in [-0.4, -0.2) is 41.1 Å². The molecular weight excluding hydrogens is 516 g/mol. The summed E-state index contributed by atoms with van der Waals surface area (Å²) in [7, 11) is 0. The van der Waals surface area contributed by atoms with Crippen molar-refractivity contribution in [3.05, 3.63) is 45.0 Å². The topological polar surface area (TPSA) is 48.1 Å². The van der Waals surface area contributed by atoms with E-state index in [9.17, 15) is 26.3 Å². The normalized spacial score (nSPS) is 15.7. The maximum atomic E-state index is 13.0. The molecule has 1 aliphatic rings. The van der Waals surface area contributed by atoms with Gasteiger partial charge in [-0.1, -0.05) is 11.6 Å². The van der Waals surface area contributed by atoms with E-state index >= 15 is 0 Å². The molecule has 3 aromatic rings. The number of imidazole rings is 1. The number of H-pyrrole nitrogens is 1. The Morgan fingerprint density at radius 3 is 2.10 bits per heavy atom. The van der Waals surface area contributed by atoms with E-state index < -0.39 is 23.5 Å². The molecule has 0 unspecified atom stereocenters. The van der Waals surface area contributed by atoms with Crippen LogP contribution in [0, 0.1) is 0 Å². The van der Waals surface area contributed by atoms with Gasteiger partial charge in [-0.3, -0.25) is 0 Å². The van der Waals surface area contributed by atoms with Gasteiger partial charge in [-0.2, -0.15) is 26.3 Å². The molecule has 1 aromatic carbocycles. The van der Waals surface area contributed by atoms with Gasteiger partial charge in [-0.25, -0.2) is 9.97 Å². The molecule has 0 aliphatic carbocycles. The standard InChI is InChI=1S/C18H13BrClF6N5/c19-11-5-9(17(21,22)23)7-13-14(11)29-16(28-13)31-3-1-30(2-4-31)15-12(20)6-10(8-27-15)18(24,25)26/h5-8H,1-4H2,(H,28,29). The van der Waals surface area contributed by atoms with Crippen LogP contribution in [0.25, 0.3) is 11.0 Å². The lowest BCUT2D eigenvalue weighted by atomic mass is 10.2. The lowest BCUT2D eigenvalue weighted by Gasteiger charge is -2.35. The molecule has 0 amide bonds. The summed E-state index contributed by atoms with van der Waals surface area (Å²) in [5.74, 6) is 0.651. The second-order valence-electron chi connectivity index (χ2n) is 6.91. The second kappa shape index (κ2) is 7.73. The molecular formula is C18H13BrClF6N5. The molecule has 1 aliphatic heterocycles. The minimum Gasteiger partial charge on any atom is -0.352 e. The van der Waals surface area contributed by atoms with Gasteiger partial charge in [-0.15, -0.1) is 0 Å². The predicted molar refractivity (Wildman–Crippen MR) is 107 cm³/mol. The Morgan fingerprint density at radius 1 is 0.903 bits per heavy atom. The van der Waals surface area contributed by atoms with E-state index in [0.29, 0.717) is 37.6 Å². The second-order valence-corrected chi connectivity index (χ2v) is 8.18. The van der Waals surface area contributed by atoms with Crippen LogP contribution in [0.2, 0.25) is 5.02 Å². The van der Waals surface area contributed by atoms with Crippen LogP contribution in [0.1, 0.15) is 11.1 Å². The molecule has 3 heterocycles. The summed E-state index contributed by atoms with van der Waals surface area (Å²) in [6.07, 6.45) is -8.28. The average molecular weight is 529 g/mol. The minimum atomic E-state index is -4.53. The van der Waals surface area contributed by atoms with Crippen molar-refractivity contribution >= 4 is 50.3 Å². The number of piperazine rings is 1. The fourth-order valence-electron chi connectivity index (χ4n) is 3.32. The van der Waals surface area contributed by atoms with E-state index in [0.717, 1.165) is 24.4 Å². The number of hydrogen-bond acceptors (Lipinski definition) is 4. The van der Waals surface area contributed by atoms with Gasteiger partial charge in [0.25, 0.3) is 0 Å². The smallest absolute Gasteiger partial charge is 0.352 e. The lowest BCUT2D eigenvalue weighted by molar-refractivity contribution is -0.138.